The van der Waals surface area contributed by atoms with Gasteiger partial charge in [-0.05, 0) is 59.8 Å². The highest BCUT2D eigenvalue weighted by molar-refractivity contribution is 7.12. The van der Waals surface area contributed by atoms with Gasteiger partial charge in [-0.1, -0.05) is 18.2 Å². The first-order chi connectivity index (χ1) is 18.7. The highest BCUT2D eigenvalue weighted by Gasteiger charge is 2.52. The van der Waals surface area contributed by atoms with Crippen LogP contribution in [0.2, 0.25) is 0 Å². The Hall–Kier alpha value is -4.18. The van der Waals surface area contributed by atoms with Crippen molar-refractivity contribution in [2.45, 2.75) is 31.0 Å². The molecular formula is C29H30N4O5S. The number of benzene rings is 2. The van der Waals surface area contributed by atoms with E-state index in [0.29, 0.717) is 23.4 Å². The molecule has 0 radical (unpaired) electrons. The lowest BCUT2D eigenvalue weighted by atomic mass is 10.0. The molecule has 3 amide bonds. The van der Waals surface area contributed by atoms with Gasteiger partial charge in [0.25, 0.3) is 11.8 Å². The van der Waals surface area contributed by atoms with Gasteiger partial charge in [-0.15, -0.1) is 11.3 Å². The summed E-state index contributed by atoms with van der Waals surface area (Å²) in [5.74, 6) is -1.05. The van der Waals surface area contributed by atoms with Gasteiger partial charge in [0.1, 0.15) is 17.8 Å². The van der Waals surface area contributed by atoms with Crippen LogP contribution in [0.4, 0.5) is 5.69 Å². The van der Waals surface area contributed by atoms with Crippen LogP contribution in [0.3, 0.4) is 0 Å². The maximum absolute atomic E-state index is 13.9. The van der Waals surface area contributed by atoms with Crippen LogP contribution in [0.15, 0.2) is 66.0 Å². The summed E-state index contributed by atoms with van der Waals surface area (Å²) in [4.78, 5) is 58.9. The summed E-state index contributed by atoms with van der Waals surface area (Å²) in [5.41, 5.74) is 2.10. The number of thiophene rings is 1. The van der Waals surface area contributed by atoms with E-state index in [0.717, 1.165) is 11.3 Å². The number of phenols is 1. The molecule has 1 aromatic heterocycles. The number of nitrogens with one attached hydrogen (secondary N) is 1. The predicted molar refractivity (Wildman–Crippen MR) is 148 cm³/mol. The summed E-state index contributed by atoms with van der Waals surface area (Å²) in [5, 5.41) is 14.4. The fourth-order valence-corrected chi connectivity index (χ4v) is 5.98. The van der Waals surface area contributed by atoms with Crippen molar-refractivity contribution >= 4 is 40.5 Å². The average molecular weight is 547 g/mol. The van der Waals surface area contributed by atoms with Crippen LogP contribution in [0, 0.1) is 0 Å². The van der Waals surface area contributed by atoms with Gasteiger partial charge in [0.05, 0.1) is 17.5 Å². The Morgan fingerprint density at radius 3 is 2.41 bits per heavy atom. The summed E-state index contributed by atoms with van der Waals surface area (Å²) >= 11 is 1.32. The van der Waals surface area contributed by atoms with Crippen molar-refractivity contribution in [3.63, 3.8) is 0 Å². The fourth-order valence-electron chi connectivity index (χ4n) is 5.30. The van der Waals surface area contributed by atoms with Gasteiger partial charge in [-0.25, -0.2) is 0 Å². The Kier molecular flexibility index (Phi) is 7.38. The molecule has 3 aromatic rings. The molecular weight excluding hydrogens is 516 g/mol. The van der Waals surface area contributed by atoms with Crippen LogP contribution in [0.25, 0.3) is 0 Å². The van der Waals surface area contributed by atoms with Crippen molar-refractivity contribution in [3.05, 3.63) is 82.0 Å². The number of hydrogen-bond donors (Lipinski definition) is 2. The lowest BCUT2D eigenvalue weighted by Crippen LogP contribution is -2.53. The largest absolute Gasteiger partial charge is 0.508 e. The molecule has 202 valence electrons. The third-order valence-electron chi connectivity index (χ3n) is 7.32. The number of ketones is 1. The molecule has 3 atom stereocenters. The first-order valence-corrected chi connectivity index (χ1v) is 13.6. The highest BCUT2D eigenvalue weighted by Crippen LogP contribution is 2.32. The van der Waals surface area contributed by atoms with E-state index in [1.807, 2.05) is 36.5 Å². The average Bonchev–Trinajstić information content (AvgIpc) is 3.68. The maximum atomic E-state index is 13.9. The molecule has 5 rings (SSSR count). The van der Waals surface area contributed by atoms with E-state index < -0.39 is 18.0 Å². The Balaban J connectivity index is 1.37. The van der Waals surface area contributed by atoms with E-state index >= 15 is 0 Å². The van der Waals surface area contributed by atoms with Gasteiger partial charge in [0.2, 0.25) is 5.91 Å². The molecule has 2 N–H and O–H groups in total. The van der Waals surface area contributed by atoms with Crippen LogP contribution in [0.1, 0.15) is 32.0 Å². The Labute approximate surface area is 230 Å². The topological polar surface area (TPSA) is 110 Å². The summed E-state index contributed by atoms with van der Waals surface area (Å²) in [6, 6.07) is 15.0. The van der Waals surface area contributed by atoms with E-state index in [-0.39, 0.29) is 42.4 Å². The number of Topliss-reactive ketones (excluding diaryl/α,β-unsaturated/α-hetero) is 1. The number of phenolic OH excluding ortho intramolecular Hbond substituents is 1. The van der Waals surface area contributed by atoms with Crippen LogP contribution in [0.5, 0.6) is 5.75 Å². The standard InChI is InChI=1S/C29H30N4O5S/c1-31(2)20-9-7-19(8-10-20)27(36)30-22(16-18-5-11-21(34)12-6-18)28(37)32-14-13-23-26(32)24(35)17-33(23)29(38)25-4-3-15-39-25/h3-12,15,22-23,26,34H,13-14,16-17H2,1-2H3,(H,30,36)/t22-,23?,26-/m0/s1. The van der Waals surface area contributed by atoms with E-state index in [4.69, 9.17) is 0 Å². The van der Waals surface area contributed by atoms with Crippen molar-refractivity contribution in [2.24, 2.45) is 0 Å². The normalized spacial score (nSPS) is 19.1. The van der Waals surface area contributed by atoms with Gasteiger partial charge in [0.15, 0.2) is 5.78 Å². The second-order valence-electron chi connectivity index (χ2n) is 10.0. The number of amides is 3. The minimum absolute atomic E-state index is 0.0386. The lowest BCUT2D eigenvalue weighted by molar-refractivity contribution is -0.138. The number of carbonyl (C=O) groups is 4. The van der Waals surface area contributed by atoms with Gasteiger partial charge in [-0.3, -0.25) is 19.2 Å². The number of anilines is 1. The molecule has 2 fully saturated rings. The molecule has 10 heteroatoms. The van der Waals surface area contributed by atoms with Crippen molar-refractivity contribution in [1.29, 1.82) is 0 Å². The third kappa shape index (κ3) is 5.37. The van der Waals surface area contributed by atoms with Gasteiger partial charge >= 0.3 is 0 Å². The number of fused-ring (bicyclic) bond motifs is 1. The van der Waals surface area contributed by atoms with E-state index in [2.05, 4.69) is 5.32 Å². The summed E-state index contributed by atoms with van der Waals surface area (Å²) in [6.45, 7) is 0.274. The van der Waals surface area contributed by atoms with Crippen molar-refractivity contribution in [3.8, 4) is 5.75 Å². The second kappa shape index (κ2) is 10.9. The fraction of sp³-hybridized carbons (Fsp3) is 0.310. The molecule has 0 aliphatic carbocycles. The van der Waals surface area contributed by atoms with Gasteiger partial charge < -0.3 is 25.1 Å². The molecule has 1 unspecified atom stereocenters. The molecule has 2 aliphatic rings. The third-order valence-corrected chi connectivity index (χ3v) is 8.18. The van der Waals surface area contributed by atoms with Gasteiger partial charge in [-0.2, -0.15) is 0 Å². The number of hydrogen-bond acceptors (Lipinski definition) is 7. The first kappa shape index (κ1) is 26.4. The zero-order valence-corrected chi connectivity index (χ0v) is 22.6. The smallest absolute Gasteiger partial charge is 0.264 e. The van der Waals surface area contributed by atoms with E-state index in [9.17, 15) is 24.3 Å². The number of carbonyl (C=O) groups excluding carboxylic acids is 4. The molecule has 2 aromatic carbocycles. The Bertz CT molecular complexity index is 1370. The maximum Gasteiger partial charge on any atom is 0.264 e. The molecule has 0 saturated carbocycles. The Morgan fingerprint density at radius 1 is 1.05 bits per heavy atom. The van der Waals surface area contributed by atoms with Crippen molar-refractivity contribution in [1.82, 2.24) is 15.1 Å². The predicted octanol–water partition coefficient (Wildman–Crippen LogP) is 2.56. The number of aromatic hydroxyl groups is 1. The Morgan fingerprint density at radius 2 is 1.77 bits per heavy atom. The lowest BCUT2D eigenvalue weighted by Gasteiger charge is -2.28. The number of likely N-dealkylation sites (tertiary alicyclic amines) is 2. The van der Waals surface area contributed by atoms with E-state index in [1.54, 1.807) is 41.3 Å². The second-order valence-corrected chi connectivity index (χ2v) is 11.0. The van der Waals surface area contributed by atoms with Crippen molar-refractivity contribution < 1.29 is 24.3 Å². The summed E-state index contributed by atoms with van der Waals surface area (Å²) in [7, 11) is 3.81. The van der Waals surface area contributed by atoms with Crippen LogP contribution >= 0.6 is 11.3 Å². The van der Waals surface area contributed by atoms with E-state index in [1.165, 1.54) is 28.4 Å². The van der Waals surface area contributed by atoms with Crippen molar-refractivity contribution in [2.75, 3.05) is 32.1 Å². The zero-order valence-electron chi connectivity index (χ0n) is 21.7. The van der Waals surface area contributed by atoms with Crippen LogP contribution in [-0.2, 0) is 16.0 Å². The first-order valence-electron chi connectivity index (χ1n) is 12.8. The molecule has 2 aliphatic heterocycles. The molecule has 0 bridgehead atoms. The molecule has 9 nitrogen and oxygen atoms in total. The van der Waals surface area contributed by atoms with Crippen LogP contribution in [-0.4, -0.2) is 83.7 Å². The number of rotatable bonds is 7. The molecule has 3 heterocycles. The quantitative estimate of drug-likeness (QED) is 0.472. The van der Waals surface area contributed by atoms with Gasteiger partial charge in [0, 0.05) is 38.3 Å². The van der Waals surface area contributed by atoms with Crippen LogP contribution < -0.4 is 10.2 Å². The SMILES string of the molecule is CN(C)c1ccc(C(=O)N[C@@H](Cc2ccc(O)cc2)C(=O)N2CCC3[C@H]2C(=O)CN3C(=O)c2cccs2)cc1. The molecule has 39 heavy (non-hydrogen) atoms. The summed E-state index contributed by atoms with van der Waals surface area (Å²) in [6.07, 6.45) is 0.672. The minimum Gasteiger partial charge on any atom is -0.508 e. The highest BCUT2D eigenvalue weighted by atomic mass is 32.1. The molecule has 2 saturated heterocycles. The minimum atomic E-state index is -0.941. The number of nitrogens with zero attached hydrogens (tertiary/aromatic N) is 3. The monoisotopic (exact) mass is 546 g/mol. The zero-order chi connectivity index (χ0) is 27.7. The molecule has 0 spiro atoms. The summed E-state index contributed by atoms with van der Waals surface area (Å²) < 4.78 is 0.